The van der Waals surface area contributed by atoms with Gasteiger partial charge >= 0.3 is 7.48 Å². The van der Waals surface area contributed by atoms with Crippen molar-refractivity contribution in [3.8, 4) is 33.9 Å². The smallest absolute Gasteiger partial charge is 0.331 e. The van der Waals surface area contributed by atoms with E-state index in [-0.39, 0.29) is 0 Å². The fourth-order valence-electron chi connectivity index (χ4n) is 4.06. The van der Waals surface area contributed by atoms with Crippen LogP contribution in [-0.4, -0.2) is 33.8 Å². The molecule has 1 heterocycles. The van der Waals surface area contributed by atoms with E-state index in [9.17, 15) is 5.11 Å². The lowest BCUT2D eigenvalue weighted by Crippen LogP contribution is -2.49. The van der Waals surface area contributed by atoms with Crippen molar-refractivity contribution < 1.29 is 9.76 Å². The molecule has 37 heavy (non-hydrogen) atoms. The lowest BCUT2D eigenvalue weighted by molar-refractivity contribution is -0.0893. The van der Waals surface area contributed by atoms with Crippen LogP contribution in [0.3, 0.4) is 0 Å². The van der Waals surface area contributed by atoms with Crippen molar-refractivity contribution in [2.75, 3.05) is 0 Å². The van der Waals surface area contributed by atoms with Crippen LogP contribution in [0.2, 0.25) is 0 Å². The van der Waals surface area contributed by atoms with E-state index in [1.54, 1.807) is 21.3 Å². The summed E-state index contributed by atoms with van der Waals surface area (Å²) in [6.07, 6.45) is 0. The Bertz CT molecular complexity index is 1470. The fourth-order valence-corrected chi connectivity index (χ4v) is 4.06. The van der Waals surface area contributed by atoms with Gasteiger partial charge in [-0.15, -0.1) is 0 Å². The van der Waals surface area contributed by atoms with Crippen LogP contribution in [0.4, 0.5) is 0 Å². The van der Waals surface area contributed by atoms with Crippen molar-refractivity contribution in [2.24, 2.45) is 0 Å². The van der Waals surface area contributed by atoms with Gasteiger partial charge in [0, 0.05) is 16.7 Å². The van der Waals surface area contributed by atoms with Gasteiger partial charge in [0.25, 0.3) is 0 Å². The second kappa shape index (κ2) is 9.93. The Morgan fingerprint density at radius 3 is 1.86 bits per heavy atom. The summed E-state index contributed by atoms with van der Waals surface area (Å²) in [7, 11) is 1.74. The van der Waals surface area contributed by atoms with Crippen molar-refractivity contribution in [3.63, 3.8) is 0 Å². The topological polar surface area (TPSA) is 55.2 Å². The Morgan fingerprint density at radius 1 is 0.649 bits per heavy atom. The number of aliphatic hydroxyl groups is 1. The lowest BCUT2D eigenvalue weighted by atomic mass is 9.79. The first kappa shape index (κ1) is 24.9. The molecule has 0 saturated carbocycles. The molecule has 0 spiro atoms. The molecule has 5 rings (SSSR count). The zero-order valence-electron chi connectivity index (χ0n) is 21.6. The third kappa shape index (κ3) is 5.20. The number of hydrogen-bond acceptors (Lipinski definition) is 4. The number of aromatic nitrogens is 2. The number of hydrogen-bond donors (Lipinski definition) is 1. The van der Waals surface area contributed by atoms with Gasteiger partial charge in [0.1, 0.15) is 0 Å². The van der Waals surface area contributed by atoms with Gasteiger partial charge in [-0.25, -0.2) is 9.97 Å². The molecule has 0 fully saturated rings. The van der Waals surface area contributed by atoms with E-state index >= 15 is 0 Å². The fraction of sp³-hybridized carbons (Fsp3) is 0.188. The maximum absolute atomic E-state index is 10.5. The van der Waals surface area contributed by atoms with Crippen molar-refractivity contribution >= 4 is 23.7 Å². The summed E-state index contributed by atoms with van der Waals surface area (Å²) in [5.41, 5.74) is 3.95. The molecule has 0 aliphatic rings. The minimum Gasteiger partial charge on any atom is -0.427 e. The minimum absolute atomic E-state index is 0.687. The van der Waals surface area contributed by atoms with Crippen LogP contribution in [0.5, 0.6) is 0 Å². The van der Waals surface area contributed by atoms with E-state index in [4.69, 9.17) is 14.6 Å². The predicted molar refractivity (Wildman–Crippen MR) is 153 cm³/mol. The standard InChI is InChI=1S/C32H30BN2O2/c1-31(2,36)32(3,4)37-33-27-20-19-26(24-17-11-12-18-25(24)27)29-21-28(22-13-7-5-8-14-22)34-30(35-29)23-15-9-6-10-16-23/h5-21,36H,1-4H3. The summed E-state index contributed by atoms with van der Waals surface area (Å²) in [6, 6.07) is 34.7. The van der Waals surface area contributed by atoms with Gasteiger partial charge in [-0.2, -0.15) is 0 Å². The molecule has 5 aromatic rings. The molecule has 5 heteroatoms. The van der Waals surface area contributed by atoms with Gasteiger partial charge in [-0.05, 0) is 50.0 Å². The number of nitrogens with zero attached hydrogens (tertiary/aromatic N) is 2. The molecule has 1 N–H and O–H groups in total. The van der Waals surface area contributed by atoms with Gasteiger partial charge in [-0.1, -0.05) is 97.1 Å². The van der Waals surface area contributed by atoms with Crippen LogP contribution in [0.25, 0.3) is 44.7 Å². The van der Waals surface area contributed by atoms with E-state index in [0.29, 0.717) is 5.82 Å². The highest BCUT2D eigenvalue weighted by atomic mass is 16.5. The molecular weight excluding hydrogens is 455 g/mol. The first-order valence-electron chi connectivity index (χ1n) is 12.5. The third-order valence-electron chi connectivity index (χ3n) is 7.02. The monoisotopic (exact) mass is 485 g/mol. The molecule has 1 radical (unpaired) electrons. The molecule has 1 aromatic heterocycles. The van der Waals surface area contributed by atoms with Crippen LogP contribution in [0.1, 0.15) is 27.7 Å². The number of benzene rings is 4. The molecule has 0 saturated heterocycles. The third-order valence-corrected chi connectivity index (χ3v) is 7.02. The Kier molecular flexibility index (Phi) is 6.68. The second-order valence-corrected chi connectivity index (χ2v) is 10.2. The SMILES string of the molecule is CC(C)(O)C(C)(C)O[B]c1ccc(-c2cc(-c3ccccc3)nc(-c3ccccc3)n2)c2ccccc12. The highest BCUT2D eigenvalue weighted by molar-refractivity contribution is 6.51. The molecule has 0 bridgehead atoms. The van der Waals surface area contributed by atoms with Crippen LogP contribution < -0.4 is 5.46 Å². The first-order valence-corrected chi connectivity index (χ1v) is 12.5. The summed E-state index contributed by atoms with van der Waals surface area (Å²) < 4.78 is 6.09. The highest BCUT2D eigenvalue weighted by Crippen LogP contribution is 2.32. The molecular formula is C32H30BN2O2. The second-order valence-electron chi connectivity index (χ2n) is 10.2. The van der Waals surface area contributed by atoms with Crippen molar-refractivity contribution in [3.05, 3.63) is 103 Å². The Hall–Kier alpha value is -3.80. The quantitative estimate of drug-likeness (QED) is 0.270. The zero-order valence-corrected chi connectivity index (χ0v) is 21.6. The molecule has 0 aliphatic carbocycles. The van der Waals surface area contributed by atoms with Crippen LogP contribution in [-0.2, 0) is 4.65 Å². The van der Waals surface area contributed by atoms with E-state index in [2.05, 4.69) is 36.4 Å². The van der Waals surface area contributed by atoms with E-state index < -0.39 is 11.2 Å². The zero-order chi connectivity index (χ0) is 26.0. The van der Waals surface area contributed by atoms with Gasteiger partial charge in [-0.3, -0.25) is 0 Å². The van der Waals surface area contributed by atoms with E-state index in [1.165, 1.54) is 0 Å². The molecule has 0 aliphatic heterocycles. The van der Waals surface area contributed by atoms with Crippen LogP contribution in [0.15, 0.2) is 103 Å². The summed E-state index contributed by atoms with van der Waals surface area (Å²) in [4.78, 5) is 9.93. The molecule has 4 aromatic carbocycles. The summed E-state index contributed by atoms with van der Waals surface area (Å²) in [5.74, 6) is 0.687. The summed E-state index contributed by atoms with van der Waals surface area (Å²) >= 11 is 0. The normalized spacial score (nSPS) is 12.0. The highest BCUT2D eigenvalue weighted by Gasteiger charge is 2.35. The molecule has 4 nitrogen and oxygen atoms in total. The Labute approximate surface area is 219 Å². The first-order chi connectivity index (χ1) is 17.7. The van der Waals surface area contributed by atoms with E-state index in [1.807, 2.05) is 80.6 Å². The van der Waals surface area contributed by atoms with Gasteiger partial charge in [0.05, 0.1) is 22.6 Å². The van der Waals surface area contributed by atoms with Crippen LogP contribution in [0, 0.1) is 0 Å². The van der Waals surface area contributed by atoms with Crippen molar-refractivity contribution in [1.29, 1.82) is 0 Å². The molecule has 183 valence electrons. The van der Waals surface area contributed by atoms with Crippen molar-refractivity contribution in [2.45, 2.75) is 38.9 Å². The van der Waals surface area contributed by atoms with Crippen molar-refractivity contribution in [1.82, 2.24) is 9.97 Å². The minimum atomic E-state index is -0.998. The number of fused-ring (bicyclic) bond motifs is 1. The summed E-state index contributed by atoms with van der Waals surface area (Å²) in [6.45, 7) is 7.28. The largest absolute Gasteiger partial charge is 0.427 e. The van der Waals surface area contributed by atoms with Crippen LogP contribution >= 0.6 is 0 Å². The molecule has 0 atom stereocenters. The molecule has 0 unspecified atom stereocenters. The Balaban J connectivity index is 1.63. The maximum Gasteiger partial charge on any atom is 0.331 e. The van der Waals surface area contributed by atoms with Gasteiger partial charge < -0.3 is 9.76 Å². The molecule has 0 amide bonds. The average molecular weight is 485 g/mol. The Morgan fingerprint density at radius 2 is 1.22 bits per heavy atom. The lowest BCUT2D eigenvalue weighted by Gasteiger charge is -2.37. The van der Waals surface area contributed by atoms with Gasteiger partial charge in [0.2, 0.25) is 0 Å². The predicted octanol–water partition coefficient (Wildman–Crippen LogP) is 6.44. The summed E-state index contributed by atoms with van der Waals surface area (Å²) in [5, 5.41) is 12.6. The maximum atomic E-state index is 10.5. The van der Waals surface area contributed by atoms with E-state index in [0.717, 1.165) is 44.3 Å². The average Bonchev–Trinajstić information content (AvgIpc) is 2.92. The van der Waals surface area contributed by atoms with Gasteiger partial charge in [0.15, 0.2) is 5.82 Å². The number of rotatable bonds is 7.